The van der Waals surface area contributed by atoms with Crippen LogP contribution < -0.4 is 5.32 Å². The zero-order valence-corrected chi connectivity index (χ0v) is 14.8. The van der Waals surface area contributed by atoms with E-state index in [-0.39, 0.29) is 17.9 Å². The molecule has 3 heterocycles. The van der Waals surface area contributed by atoms with Crippen molar-refractivity contribution in [3.8, 4) is 6.07 Å². The van der Waals surface area contributed by atoms with Gasteiger partial charge in [-0.1, -0.05) is 0 Å². The highest BCUT2D eigenvalue weighted by molar-refractivity contribution is 5.78. The van der Waals surface area contributed by atoms with Crippen LogP contribution in [0.5, 0.6) is 0 Å². The molecule has 2 fully saturated rings. The summed E-state index contributed by atoms with van der Waals surface area (Å²) < 4.78 is 1.79. The molecule has 2 atom stereocenters. The number of hydrogen-bond donors (Lipinski definition) is 1. The van der Waals surface area contributed by atoms with Gasteiger partial charge in [-0.15, -0.1) is 0 Å². The predicted molar refractivity (Wildman–Crippen MR) is 96.0 cm³/mol. The van der Waals surface area contributed by atoms with Gasteiger partial charge in [-0.05, 0) is 25.3 Å². The van der Waals surface area contributed by atoms with Gasteiger partial charge in [0.1, 0.15) is 6.07 Å². The lowest BCUT2D eigenvalue weighted by molar-refractivity contribution is -0.139. The van der Waals surface area contributed by atoms with Crippen LogP contribution in [0.1, 0.15) is 42.9 Å². The number of rotatable bonds is 5. The second kappa shape index (κ2) is 6.79. The molecule has 0 aromatic carbocycles. The number of piperidine rings is 1. The van der Waals surface area contributed by atoms with Crippen molar-refractivity contribution in [3.63, 3.8) is 0 Å². The van der Waals surface area contributed by atoms with Crippen molar-refractivity contribution in [3.05, 3.63) is 42.0 Å². The molecule has 1 saturated carbocycles. The molecule has 4 rings (SSSR count). The second-order valence-corrected chi connectivity index (χ2v) is 7.14. The number of pyridine rings is 1. The number of aromatic nitrogens is 3. The summed E-state index contributed by atoms with van der Waals surface area (Å²) in [7, 11) is 1.90. The number of anilines is 1. The Labute approximate surface area is 152 Å². The standard InChI is InChI=1S/C19H22N6O/c1-24-12-15(10-23-24)19-14(2-5-18(26)25(19)16-3-4-16)9-22-17-11-21-7-6-13(17)8-20/h6-7,10-12,14,16,19,22H,2-5,9H2,1H3/t14-,19+/m1/s1. The highest BCUT2D eigenvalue weighted by atomic mass is 16.2. The van der Waals surface area contributed by atoms with Gasteiger partial charge in [0.05, 0.1) is 29.7 Å². The van der Waals surface area contributed by atoms with Gasteiger partial charge in [0, 0.05) is 49.9 Å². The van der Waals surface area contributed by atoms with Crippen LogP contribution in [0.3, 0.4) is 0 Å². The molecule has 2 aromatic heterocycles. The van der Waals surface area contributed by atoms with E-state index in [4.69, 9.17) is 0 Å². The number of carbonyl (C=O) groups is 1. The number of carbonyl (C=O) groups excluding carboxylic acids is 1. The van der Waals surface area contributed by atoms with Gasteiger partial charge in [0.15, 0.2) is 0 Å². The molecule has 0 radical (unpaired) electrons. The maximum absolute atomic E-state index is 12.6. The fourth-order valence-electron chi connectivity index (χ4n) is 3.87. The molecule has 2 aliphatic rings. The van der Waals surface area contributed by atoms with E-state index in [2.05, 4.69) is 26.4 Å². The van der Waals surface area contributed by atoms with Gasteiger partial charge in [0.25, 0.3) is 0 Å². The van der Waals surface area contributed by atoms with Gasteiger partial charge in [0.2, 0.25) is 5.91 Å². The molecule has 26 heavy (non-hydrogen) atoms. The smallest absolute Gasteiger partial charge is 0.223 e. The first-order valence-corrected chi connectivity index (χ1v) is 9.05. The van der Waals surface area contributed by atoms with E-state index in [0.717, 1.165) is 30.5 Å². The number of likely N-dealkylation sites (tertiary alicyclic amines) is 1. The predicted octanol–water partition coefficient (Wildman–Crippen LogP) is 2.24. The van der Waals surface area contributed by atoms with Crippen LogP contribution in [0.4, 0.5) is 5.69 Å². The van der Waals surface area contributed by atoms with Crippen molar-refractivity contribution in [2.45, 2.75) is 37.8 Å². The minimum Gasteiger partial charge on any atom is -0.382 e. The zero-order chi connectivity index (χ0) is 18.1. The number of aryl methyl sites for hydroxylation is 1. The van der Waals surface area contributed by atoms with E-state index in [9.17, 15) is 10.1 Å². The SMILES string of the molecule is Cn1cc([C@@H]2[C@@H](CNc3cnccc3C#N)CCC(=O)N2C2CC2)cn1. The molecule has 0 unspecified atom stereocenters. The third-order valence-corrected chi connectivity index (χ3v) is 5.27. The van der Waals surface area contributed by atoms with Crippen molar-refractivity contribution < 1.29 is 4.79 Å². The summed E-state index contributed by atoms with van der Waals surface area (Å²) in [4.78, 5) is 18.8. The summed E-state index contributed by atoms with van der Waals surface area (Å²) in [6.45, 7) is 0.691. The Morgan fingerprint density at radius 2 is 2.19 bits per heavy atom. The third-order valence-electron chi connectivity index (χ3n) is 5.27. The highest BCUT2D eigenvalue weighted by Crippen LogP contribution is 2.43. The molecule has 134 valence electrons. The number of nitrogens with one attached hydrogen (secondary N) is 1. The average molecular weight is 350 g/mol. The van der Waals surface area contributed by atoms with Crippen molar-refractivity contribution in [2.75, 3.05) is 11.9 Å². The largest absolute Gasteiger partial charge is 0.382 e. The van der Waals surface area contributed by atoms with Crippen molar-refractivity contribution >= 4 is 11.6 Å². The van der Waals surface area contributed by atoms with Crippen molar-refractivity contribution in [1.82, 2.24) is 19.7 Å². The Balaban J connectivity index is 1.58. The lowest BCUT2D eigenvalue weighted by Crippen LogP contribution is -2.45. The van der Waals surface area contributed by atoms with E-state index in [0.29, 0.717) is 24.6 Å². The van der Waals surface area contributed by atoms with E-state index < -0.39 is 0 Å². The number of amides is 1. The van der Waals surface area contributed by atoms with E-state index in [1.165, 1.54) is 0 Å². The Kier molecular flexibility index (Phi) is 4.33. The summed E-state index contributed by atoms with van der Waals surface area (Å²) in [5.41, 5.74) is 2.42. The minimum absolute atomic E-state index is 0.0344. The molecule has 1 aliphatic heterocycles. The summed E-state index contributed by atoms with van der Waals surface area (Å²) in [6, 6.07) is 4.30. The Morgan fingerprint density at radius 3 is 2.88 bits per heavy atom. The molecular formula is C19H22N6O. The lowest BCUT2D eigenvalue weighted by Gasteiger charge is -2.41. The number of nitrogens with zero attached hydrogens (tertiary/aromatic N) is 5. The number of nitriles is 1. The van der Waals surface area contributed by atoms with E-state index in [1.807, 2.05) is 19.4 Å². The molecule has 0 spiro atoms. The molecule has 7 nitrogen and oxygen atoms in total. The first-order chi connectivity index (χ1) is 12.7. The van der Waals surface area contributed by atoms with Crippen molar-refractivity contribution in [2.24, 2.45) is 13.0 Å². The number of hydrogen-bond acceptors (Lipinski definition) is 5. The molecule has 1 aliphatic carbocycles. The first kappa shape index (κ1) is 16.6. The van der Waals surface area contributed by atoms with Gasteiger partial charge < -0.3 is 10.2 Å². The molecule has 7 heteroatoms. The summed E-state index contributed by atoms with van der Waals surface area (Å²) in [6.07, 6.45) is 10.8. The quantitative estimate of drug-likeness (QED) is 0.894. The molecule has 1 amide bonds. The molecule has 0 bridgehead atoms. The van der Waals surface area contributed by atoms with Crippen LogP contribution >= 0.6 is 0 Å². The summed E-state index contributed by atoms with van der Waals surface area (Å²) >= 11 is 0. The van der Waals surface area contributed by atoms with Gasteiger partial charge >= 0.3 is 0 Å². The fraction of sp³-hybridized carbons (Fsp3) is 0.474. The maximum Gasteiger partial charge on any atom is 0.223 e. The van der Waals surface area contributed by atoms with Crippen LogP contribution in [0, 0.1) is 17.2 Å². The highest BCUT2D eigenvalue weighted by Gasteiger charge is 2.44. The van der Waals surface area contributed by atoms with Crippen LogP contribution in [0.25, 0.3) is 0 Å². The van der Waals surface area contributed by atoms with Crippen LogP contribution in [0.2, 0.25) is 0 Å². The Bertz CT molecular complexity index is 850. The van der Waals surface area contributed by atoms with Crippen LogP contribution in [-0.4, -0.2) is 38.2 Å². The zero-order valence-electron chi connectivity index (χ0n) is 14.8. The van der Waals surface area contributed by atoms with Gasteiger partial charge in [-0.25, -0.2) is 0 Å². The van der Waals surface area contributed by atoms with Crippen LogP contribution in [-0.2, 0) is 11.8 Å². The van der Waals surface area contributed by atoms with E-state index >= 15 is 0 Å². The fourth-order valence-corrected chi connectivity index (χ4v) is 3.87. The monoisotopic (exact) mass is 350 g/mol. The van der Waals surface area contributed by atoms with Crippen LogP contribution in [0.15, 0.2) is 30.9 Å². The topological polar surface area (TPSA) is 86.8 Å². The van der Waals surface area contributed by atoms with Crippen molar-refractivity contribution in [1.29, 1.82) is 5.26 Å². The molecule has 2 aromatic rings. The average Bonchev–Trinajstić information content (AvgIpc) is 3.41. The Morgan fingerprint density at radius 1 is 1.35 bits per heavy atom. The molecule has 1 saturated heterocycles. The normalized spacial score (nSPS) is 22.9. The van der Waals surface area contributed by atoms with E-state index in [1.54, 1.807) is 23.1 Å². The van der Waals surface area contributed by atoms with Gasteiger partial charge in [-0.2, -0.15) is 10.4 Å². The first-order valence-electron chi connectivity index (χ1n) is 9.05. The third kappa shape index (κ3) is 3.15. The maximum atomic E-state index is 12.6. The minimum atomic E-state index is 0.0344. The molecular weight excluding hydrogens is 328 g/mol. The Hall–Kier alpha value is -2.88. The summed E-state index contributed by atoms with van der Waals surface area (Å²) in [5, 5.41) is 17.0. The van der Waals surface area contributed by atoms with Gasteiger partial charge in [-0.3, -0.25) is 14.5 Å². The molecule has 1 N–H and O–H groups in total. The summed E-state index contributed by atoms with van der Waals surface area (Å²) in [5.74, 6) is 0.515. The second-order valence-electron chi connectivity index (χ2n) is 7.14. The lowest BCUT2D eigenvalue weighted by atomic mass is 9.85.